The first-order valence-corrected chi connectivity index (χ1v) is 12.1. The van der Waals surface area contributed by atoms with Gasteiger partial charge in [-0.25, -0.2) is 4.98 Å². The van der Waals surface area contributed by atoms with Crippen molar-refractivity contribution in [3.63, 3.8) is 0 Å². The molecule has 6 aromatic rings. The van der Waals surface area contributed by atoms with Crippen LogP contribution in [0.15, 0.2) is 103 Å². The maximum Gasteiger partial charge on any atom is 0.230 e. The zero-order valence-corrected chi connectivity index (χ0v) is 20.2. The van der Waals surface area contributed by atoms with E-state index in [4.69, 9.17) is 9.97 Å². The van der Waals surface area contributed by atoms with E-state index in [-0.39, 0.29) is 6.71 Å². The van der Waals surface area contributed by atoms with E-state index in [9.17, 15) is 0 Å². The van der Waals surface area contributed by atoms with Crippen molar-refractivity contribution >= 4 is 39.6 Å². The van der Waals surface area contributed by atoms with E-state index < -0.39 is 0 Å². The molecule has 0 unspecified atom stereocenters. The Balaban J connectivity index is 1.51. The lowest BCUT2D eigenvalue weighted by Gasteiger charge is -2.12. The number of para-hydroxylation sites is 1. The van der Waals surface area contributed by atoms with Crippen molar-refractivity contribution in [1.29, 1.82) is 0 Å². The molecule has 3 nitrogen and oxygen atoms in total. The zero-order valence-electron chi connectivity index (χ0n) is 20.2. The largest absolute Gasteiger partial charge is 0.294 e. The van der Waals surface area contributed by atoms with Crippen molar-refractivity contribution in [1.82, 2.24) is 14.5 Å². The van der Waals surface area contributed by atoms with Crippen molar-refractivity contribution < 1.29 is 0 Å². The van der Waals surface area contributed by atoms with Gasteiger partial charge in [0.05, 0.1) is 11.0 Å². The molecule has 168 valence electrons. The Morgan fingerprint density at radius 1 is 0.686 bits per heavy atom. The molecule has 0 fully saturated rings. The minimum Gasteiger partial charge on any atom is -0.294 e. The Bertz CT molecular complexity index is 1700. The van der Waals surface area contributed by atoms with Crippen molar-refractivity contribution in [2.75, 3.05) is 0 Å². The second-order valence-electron chi connectivity index (χ2n) is 9.33. The van der Waals surface area contributed by atoms with E-state index in [1.54, 1.807) is 0 Å². The lowest BCUT2D eigenvalue weighted by Crippen LogP contribution is -2.41. The first-order chi connectivity index (χ1) is 17.1. The van der Waals surface area contributed by atoms with Crippen LogP contribution in [0.5, 0.6) is 0 Å². The molecule has 0 bridgehead atoms. The highest BCUT2D eigenvalue weighted by Gasteiger charge is 2.17. The van der Waals surface area contributed by atoms with E-state index in [2.05, 4.69) is 103 Å². The van der Waals surface area contributed by atoms with Crippen LogP contribution in [0.2, 0.25) is 6.82 Å². The molecule has 0 N–H and O–H groups in total. The summed E-state index contributed by atoms with van der Waals surface area (Å²) in [7, 11) is 0. The number of aromatic nitrogens is 3. The molecule has 35 heavy (non-hydrogen) atoms. The van der Waals surface area contributed by atoms with Gasteiger partial charge in [0.2, 0.25) is 6.71 Å². The van der Waals surface area contributed by atoms with Gasteiger partial charge in [-0.2, -0.15) is 0 Å². The number of rotatable bonds is 4. The number of aryl methyl sites for hydroxylation is 2. The minimum absolute atomic E-state index is 0.224. The molecule has 0 aliphatic heterocycles. The molecule has 3 aromatic heterocycles. The van der Waals surface area contributed by atoms with Gasteiger partial charge in [0.25, 0.3) is 0 Å². The maximum absolute atomic E-state index is 4.76. The van der Waals surface area contributed by atoms with Crippen LogP contribution in [0.4, 0.5) is 0 Å². The van der Waals surface area contributed by atoms with Crippen LogP contribution < -0.4 is 11.1 Å². The average molecular weight is 451 g/mol. The summed E-state index contributed by atoms with van der Waals surface area (Å²) < 4.78 is 2.28. The summed E-state index contributed by atoms with van der Waals surface area (Å²) in [6.45, 7) is 6.61. The molecule has 0 saturated heterocycles. The van der Waals surface area contributed by atoms with Crippen molar-refractivity contribution in [2.45, 2.75) is 20.7 Å². The second kappa shape index (κ2) is 8.55. The van der Waals surface area contributed by atoms with E-state index in [0.717, 1.165) is 17.1 Å². The third-order valence-electron chi connectivity index (χ3n) is 6.88. The van der Waals surface area contributed by atoms with E-state index in [1.807, 2.05) is 25.3 Å². The van der Waals surface area contributed by atoms with E-state index >= 15 is 0 Å². The van der Waals surface area contributed by atoms with E-state index in [0.29, 0.717) is 0 Å². The number of benzene rings is 3. The fraction of sp³-hybridized carbons (Fsp3) is 0.0968. The third kappa shape index (κ3) is 3.81. The monoisotopic (exact) mass is 451 g/mol. The van der Waals surface area contributed by atoms with Crippen LogP contribution in [0.1, 0.15) is 11.3 Å². The Morgan fingerprint density at radius 3 is 2.34 bits per heavy atom. The molecule has 3 heterocycles. The van der Waals surface area contributed by atoms with Crippen LogP contribution in [0.25, 0.3) is 38.8 Å². The first-order valence-electron chi connectivity index (χ1n) is 12.1. The quantitative estimate of drug-likeness (QED) is 0.304. The van der Waals surface area contributed by atoms with Crippen LogP contribution in [0, 0.1) is 13.8 Å². The maximum atomic E-state index is 4.76. The van der Waals surface area contributed by atoms with Crippen LogP contribution in [0.3, 0.4) is 0 Å². The molecule has 0 aliphatic rings. The Labute approximate surface area is 206 Å². The van der Waals surface area contributed by atoms with Gasteiger partial charge in [-0.3, -0.25) is 9.55 Å². The third-order valence-corrected chi connectivity index (χ3v) is 6.88. The smallest absolute Gasteiger partial charge is 0.230 e. The molecule has 3 aromatic carbocycles. The SMILES string of the molecule is CB(c1cccc(-c2ccc3c4ccccc4n(-c4cc(C)ccn4)c3c2)c1)c1cccc(C)n1. The lowest BCUT2D eigenvalue weighted by molar-refractivity contribution is 1.07. The van der Waals surface area contributed by atoms with Gasteiger partial charge in [0, 0.05) is 28.3 Å². The summed E-state index contributed by atoms with van der Waals surface area (Å²) in [5.41, 5.74) is 9.35. The molecule has 0 amide bonds. The number of hydrogen-bond donors (Lipinski definition) is 0. The number of pyridine rings is 2. The second-order valence-corrected chi connectivity index (χ2v) is 9.33. The van der Waals surface area contributed by atoms with Gasteiger partial charge >= 0.3 is 0 Å². The Morgan fingerprint density at radius 2 is 1.49 bits per heavy atom. The molecule has 0 atom stereocenters. The fourth-order valence-corrected chi connectivity index (χ4v) is 5.00. The van der Waals surface area contributed by atoms with Crippen LogP contribution in [-0.2, 0) is 0 Å². The molecule has 0 radical (unpaired) electrons. The summed E-state index contributed by atoms with van der Waals surface area (Å²) in [6.07, 6.45) is 1.89. The zero-order chi connectivity index (χ0) is 23.9. The molecule has 0 aliphatic carbocycles. The van der Waals surface area contributed by atoms with Gasteiger partial charge in [-0.15, -0.1) is 0 Å². The van der Waals surface area contributed by atoms with E-state index in [1.165, 1.54) is 44.0 Å². The number of nitrogens with zero attached hydrogens (tertiary/aromatic N) is 3. The van der Waals surface area contributed by atoms with Gasteiger partial charge in [0.15, 0.2) is 0 Å². The highest BCUT2D eigenvalue weighted by atomic mass is 15.1. The average Bonchev–Trinajstić information content (AvgIpc) is 3.22. The summed E-state index contributed by atoms with van der Waals surface area (Å²) >= 11 is 0. The summed E-state index contributed by atoms with van der Waals surface area (Å²) in [5, 5.41) is 2.48. The van der Waals surface area contributed by atoms with Gasteiger partial charge in [0.1, 0.15) is 5.82 Å². The Hall–Kier alpha value is -4.18. The minimum atomic E-state index is 0.224. The molecule has 0 spiro atoms. The molecular weight excluding hydrogens is 425 g/mol. The standard InChI is InChI=1S/C31H26BN3/c1-21-16-17-33-31(18-21)35-28-12-5-4-11-26(28)27-15-14-24(20-29(27)35)23-9-7-10-25(19-23)32(3)30-13-6-8-22(2)34-30/h4-20H,1-3H3. The van der Waals surface area contributed by atoms with Gasteiger partial charge in [-0.1, -0.05) is 72.9 Å². The highest BCUT2D eigenvalue weighted by molar-refractivity contribution is 6.83. The van der Waals surface area contributed by atoms with Crippen LogP contribution >= 0.6 is 0 Å². The molecular formula is C31H26BN3. The summed E-state index contributed by atoms with van der Waals surface area (Å²) in [5.74, 6) is 0.946. The van der Waals surface area contributed by atoms with Crippen molar-refractivity contribution in [2.24, 2.45) is 0 Å². The topological polar surface area (TPSA) is 30.7 Å². The predicted octanol–water partition coefficient (Wildman–Crippen LogP) is 6.10. The Kier molecular flexibility index (Phi) is 5.22. The van der Waals surface area contributed by atoms with Gasteiger partial charge in [-0.05, 0) is 66.9 Å². The lowest BCUT2D eigenvalue weighted by atomic mass is 9.44. The molecule has 6 rings (SSSR count). The summed E-state index contributed by atoms with van der Waals surface area (Å²) in [6, 6.07) is 34.6. The van der Waals surface area contributed by atoms with Crippen molar-refractivity contribution in [3.8, 4) is 16.9 Å². The molecule has 4 heteroatoms. The normalized spacial score (nSPS) is 11.3. The number of fused-ring (bicyclic) bond motifs is 3. The van der Waals surface area contributed by atoms with Crippen LogP contribution in [-0.4, -0.2) is 21.2 Å². The van der Waals surface area contributed by atoms with Gasteiger partial charge < -0.3 is 0 Å². The summed E-state index contributed by atoms with van der Waals surface area (Å²) in [4.78, 5) is 9.48. The van der Waals surface area contributed by atoms with Crippen molar-refractivity contribution in [3.05, 3.63) is 115 Å². The highest BCUT2D eigenvalue weighted by Crippen LogP contribution is 2.34. The molecule has 0 saturated carbocycles. The fourth-order valence-electron chi connectivity index (χ4n) is 5.00. The number of hydrogen-bond acceptors (Lipinski definition) is 2. The predicted molar refractivity (Wildman–Crippen MR) is 149 cm³/mol. The first kappa shape index (κ1) is 21.4.